The van der Waals surface area contributed by atoms with Gasteiger partial charge in [0.25, 0.3) is 0 Å². The number of unbranched alkanes of at least 4 members (excludes halogenated alkanes) is 36. The van der Waals surface area contributed by atoms with E-state index in [0.717, 1.165) is 25.7 Å². The van der Waals surface area contributed by atoms with Crippen LogP contribution in [-0.4, -0.2) is 54.4 Å². The van der Waals surface area contributed by atoms with Gasteiger partial charge in [0.2, 0.25) is 6.04 Å². The monoisotopic (exact) mass is 798 g/mol. The maximum atomic E-state index is 13.5. The van der Waals surface area contributed by atoms with Gasteiger partial charge in [-0.2, -0.15) is 0 Å². The largest absolute Gasteiger partial charge is 1.00 e. The van der Waals surface area contributed by atoms with Crippen molar-refractivity contribution in [2.24, 2.45) is 0 Å². The lowest BCUT2D eigenvalue weighted by Crippen LogP contribution is -3.00. The second-order valence-corrected chi connectivity index (χ2v) is 18.1. The highest BCUT2D eigenvalue weighted by Crippen LogP contribution is 2.20. The maximum absolute atomic E-state index is 13.5. The Morgan fingerprint density at radius 3 is 0.764 bits per heavy atom. The predicted molar refractivity (Wildman–Crippen MR) is 239 cm³/mol. The highest BCUT2D eigenvalue weighted by Gasteiger charge is 2.39. The van der Waals surface area contributed by atoms with Gasteiger partial charge in [0, 0.05) is 25.9 Å². The number of hydrogen-bond donors (Lipinski definition) is 1. The lowest BCUT2D eigenvalue weighted by molar-refractivity contribution is -0.897. The fraction of sp³-hybridized carbons (Fsp3) is 0.960. The van der Waals surface area contributed by atoms with Gasteiger partial charge >= 0.3 is 0 Å². The molecule has 0 saturated carbocycles. The number of ketones is 2. The van der Waals surface area contributed by atoms with E-state index in [4.69, 9.17) is 0 Å². The quantitative estimate of drug-likeness (QED) is 0.0379. The molecule has 330 valence electrons. The van der Waals surface area contributed by atoms with Crippen LogP contribution in [0.3, 0.4) is 0 Å². The van der Waals surface area contributed by atoms with Gasteiger partial charge in [0.15, 0.2) is 11.6 Å². The van der Waals surface area contributed by atoms with E-state index >= 15 is 0 Å². The molecule has 0 fully saturated rings. The number of carbonyl (C=O) groups excluding carboxylic acids is 2. The van der Waals surface area contributed by atoms with Crippen molar-refractivity contribution in [3.8, 4) is 0 Å². The maximum Gasteiger partial charge on any atom is 0.206 e. The molecule has 0 aromatic carbocycles. The minimum absolute atomic E-state index is 0. The SMILES string of the molecule is CCCCCCCCCCCCCCCCCCCCCC(=O)C(C(=O)CCCCCCCCCCCCCCCCCCCCC)[N+](C)(C)CCCO.[Cl-]. The van der Waals surface area contributed by atoms with E-state index in [1.807, 2.05) is 14.1 Å². The van der Waals surface area contributed by atoms with Crippen LogP contribution in [-0.2, 0) is 9.59 Å². The Morgan fingerprint density at radius 2 is 0.564 bits per heavy atom. The van der Waals surface area contributed by atoms with Gasteiger partial charge in [0.1, 0.15) is 0 Å². The zero-order chi connectivity index (χ0) is 39.6. The summed E-state index contributed by atoms with van der Waals surface area (Å²) in [4.78, 5) is 27.0. The molecule has 0 amide bonds. The minimum atomic E-state index is -0.567. The topological polar surface area (TPSA) is 54.4 Å². The number of aliphatic hydroxyl groups is 1. The number of carbonyl (C=O) groups is 2. The molecule has 0 aliphatic heterocycles. The Morgan fingerprint density at radius 1 is 0.364 bits per heavy atom. The van der Waals surface area contributed by atoms with E-state index in [0.29, 0.717) is 30.3 Å². The van der Waals surface area contributed by atoms with E-state index in [9.17, 15) is 14.7 Å². The molecule has 0 rings (SSSR count). The van der Waals surface area contributed by atoms with Crippen molar-refractivity contribution in [3.05, 3.63) is 0 Å². The molecule has 0 bridgehead atoms. The molecule has 55 heavy (non-hydrogen) atoms. The van der Waals surface area contributed by atoms with Gasteiger partial charge < -0.3 is 22.0 Å². The summed E-state index contributed by atoms with van der Waals surface area (Å²) in [5.41, 5.74) is 0. The van der Waals surface area contributed by atoms with Crippen molar-refractivity contribution in [2.45, 2.75) is 283 Å². The molecule has 4 nitrogen and oxygen atoms in total. The van der Waals surface area contributed by atoms with E-state index in [-0.39, 0.29) is 30.6 Å². The van der Waals surface area contributed by atoms with E-state index in [1.54, 1.807) is 0 Å². The van der Waals surface area contributed by atoms with Crippen LogP contribution in [0.25, 0.3) is 0 Å². The number of rotatable bonds is 46. The molecule has 0 aromatic heterocycles. The Hall–Kier alpha value is -0.450. The Bertz CT molecular complexity index is 733. The number of nitrogens with zero attached hydrogens (tertiary/aromatic N) is 1. The van der Waals surface area contributed by atoms with Crippen LogP contribution in [0.1, 0.15) is 277 Å². The number of hydrogen-bond acceptors (Lipinski definition) is 3. The zero-order valence-corrected chi connectivity index (χ0v) is 38.8. The number of likely N-dealkylation sites (N-methyl/N-ethyl adjacent to an activating group) is 1. The summed E-state index contributed by atoms with van der Waals surface area (Å²) in [6, 6.07) is -0.567. The lowest BCUT2D eigenvalue weighted by Gasteiger charge is -2.36. The van der Waals surface area contributed by atoms with Gasteiger partial charge in [-0.15, -0.1) is 0 Å². The van der Waals surface area contributed by atoms with Gasteiger partial charge in [-0.3, -0.25) is 9.59 Å². The van der Waals surface area contributed by atoms with Crippen LogP contribution in [0.5, 0.6) is 0 Å². The average molecular weight is 799 g/mol. The van der Waals surface area contributed by atoms with E-state index in [2.05, 4.69) is 13.8 Å². The van der Waals surface area contributed by atoms with Crippen molar-refractivity contribution in [2.75, 3.05) is 27.2 Å². The smallest absolute Gasteiger partial charge is 0.206 e. The number of Topliss-reactive ketones (excluding diaryl/α,β-unsaturated/α-hetero) is 2. The molecule has 1 N–H and O–H groups in total. The molecular weight excluding hydrogens is 698 g/mol. The number of quaternary nitrogens is 1. The van der Waals surface area contributed by atoms with Crippen LogP contribution in [0, 0.1) is 0 Å². The lowest BCUT2D eigenvalue weighted by atomic mass is 9.94. The summed E-state index contributed by atoms with van der Waals surface area (Å²) in [6.07, 6.45) is 52.8. The Kier molecular flexibility index (Phi) is 46.0. The first-order chi connectivity index (χ1) is 26.4. The van der Waals surface area contributed by atoms with Crippen LogP contribution in [0.4, 0.5) is 0 Å². The van der Waals surface area contributed by atoms with Gasteiger partial charge in [-0.1, -0.05) is 245 Å². The van der Waals surface area contributed by atoms with Crippen molar-refractivity contribution in [3.63, 3.8) is 0 Å². The van der Waals surface area contributed by atoms with Crippen molar-refractivity contribution in [1.29, 1.82) is 0 Å². The van der Waals surface area contributed by atoms with Crippen molar-refractivity contribution >= 4 is 11.6 Å². The second kappa shape index (κ2) is 44.6. The third-order valence-electron chi connectivity index (χ3n) is 12.3. The molecule has 0 aromatic rings. The van der Waals surface area contributed by atoms with Gasteiger partial charge in [0.05, 0.1) is 20.6 Å². The summed E-state index contributed by atoms with van der Waals surface area (Å²) in [7, 11) is 4.03. The van der Waals surface area contributed by atoms with Gasteiger partial charge in [-0.25, -0.2) is 0 Å². The summed E-state index contributed by atoms with van der Waals surface area (Å²) in [5, 5.41) is 9.46. The molecule has 0 saturated heterocycles. The van der Waals surface area contributed by atoms with Gasteiger partial charge in [-0.05, 0) is 12.8 Å². The third-order valence-corrected chi connectivity index (χ3v) is 12.3. The molecule has 0 heterocycles. The second-order valence-electron chi connectivity index (χ2n) is 18.1. The van der Waals surface area contributed by atoms with E-state index in [1.165, 1.54) is 218 Å². The molecule has 0 aliphatic rings. The molecule has 0 atom stereocenters. The van der Waals surface area contributed by atoms with Crippen LogP contribution in [0.15, 0.2) is 0 Å². The standard InChI is InChI=1S/C50H100NO3.ClH/c1-5-7-9-11-13-15-17-19-21-23-25-27-29-31-33-35-37-39-41-44-48(53)50(51(3,4)46-43-47-52)49(54)45-42-40-38-36-34-32-30-28-26-24-22-20-18-16-14-12-10-8-6-2;/h50,52H,5-47H2,1-4H3;1H/q+1;/p-1. The van der Waals surface area contributed by atoms with Crippen LogP contribution < -0.4 is 12.4 Å². The average Bonchev–Trinajstić information content (AvgIpc) is 3.15. The van der Waals surface area contributed by atoms with Crippen LogP contribution in [0.2, 0.25) is 0 Å². The number of halogens is 1. The van der Waals surface area contributed by atoms with Crippen molar-refractivity contribution < 1.29 is 31.6 Å². The fourth-order valence-corrected chi connectivity index (χ4v) is 8.60. The molecule has 0 aliphatic carbocycles. The Balaban J connectivity index is 0. The molecule has 0 spiro atoms. The zero-order valence-electron chi connectivity index (χ0n) is 38.1. The molecular formula is C50H100ClNO3. The first-order valence-electron chi connectivity index (χ1n) is 24.9. The van der Waals surface area contributed by atoms with E-state index < -0.39 is 6.04 Å². The molecule has 0 radical (unpaired) electrons. The highest BCUT2D eigenvalue weighted by molar-refractivity contribution is 6.05. The summed E-state index contributed by atoms with van der Waals surface area (Å²) >= 11 is 0. The molecule has 5 heteroatoms. The minimum Gasteiger partial charge on any atom is -1.00 e. The fourth-order valence-electron chi connectivity index (χ4n) is 8.60. The summed E-state index contributed by atoms with van der Waals surface area (Å²) < 4.78 is 0.385. The van der Waals surface area contributed by atoms with Crippen molar-refractivity contribution in [1.82, 2.24) is 0 Å². The van der Waals surface area contributed by atoms with Crippen LogP contribution >= 0.6 is 0 Å². The summed E-state index contributed by atoms with van der Waals surface area (Å²) in [5.74, 6) is 0.264. The Labute approximate surface area is 352 Å². The molecule has 0 unspecified atom stereocenters. The summed E-state index contributed by atoms with van der Waals surface area (Å²) in [6.45, 7) is 5.35. The first-order valence-corrected chi connectivity index (χ1v) is 24.9. The predicted octanol–water partition coefficient (Wildman–Crippen LogP) is 12.6. The first kappa shape index (κ1) is 56.6. The number of aliphatic hydroxyl groups excluding tert-OH is 1. The normalized spacial score (nSPS) is 11.7. The highest BCUT2D eigenvalue weighted by atomic mass is 35.5. The third kappa shape index (κ3) is 38.8.